The summed E-state index contributed by atoms with van der Waals surface area (Å²) in [5.74, 6) is -1.04. The van der Waals surface area contributed by atoms with Crippen molar-refractivity contribution in [2.24, 2.45) is 5.73 Å². The summed E-state index contributed by atoms with van der Waals surface area (Å²) < 4.78 is 0. The highest BCUT2D eigenvalue weighted by atomic mass is 35.5. The average Bonchev–Trinajstić information content (AvgIpc) is 2.47. The summed E-state index contributed by atoms with van der Waals surface area (Å²) in [6.07, 6.45) is -0.266. The van der Waals surface area contributed by atoms with Crippen LogP contribution in [0.5, 0.6) is 0 Å². The van der Waals surface area contributed by atoms with Gasteiger partial charge in [0.15, 0.2) is 5.78 Å². The summed E-state index contributed by atoms with van der Waals surface area (Å²) in [4.78, 5) is 12.7. The van der Waals surface area contributed by atoms with Crippen LogP contribution in [-0.4, -0.2) is 71.3 Å². The third kappa shape index (κ3) is 2.49. The minimum Gasteiger partial charge on any atom is -0.392 e. The van der Waals surface area contributed by atoms with Crippen LogP contribution in [0.2, 0.25) is 10.2 Å². The molecule has 0 aromatic heterocycles. The van der Waals surface area contributed by atoms with Crippen molar-refractivity contribution in [1.82, 2.24) is 0 Å². The minimum absolute atomic E-state index is 0.0641. The van der Waals surface area contributed by atoms with Gasteiger partial charge in [-0.3, -0.25) is 4.79 Å². The van der Waals surface area contributed by atoms with E-state index in [-0.39, 0.29) is 45.3 Å². The number of carbonyl (C=O) groups excluding carboxylic acids is 1. The predicted octanol–water partition coefficient (Wildman–Crippen LogP) is -4.66. The maximum atomic E-state index is 12.7. The molecule has 1 aromatic rings. The Morgan fingerprint density at radius 2 is 1.43 bits per heavy atom. The average molecular weight is 308 g/mol. The lowest BCUT2D eigenvalue weighted by molar-refractivity contribution is -0.140. The zero-order chi connectivity index (χ0) is 18.0. The number of nitrogens with two attached hydrogens (primary N) is 1. The molecule has 1 aromatic carbocycles. The number of benzene rings is 1. The molecule has 0 spiro atoms. The second-order valence-corrected chi connectivity index (χ2v) is 6.32. The van der Waals surface area contributed by atoms with Gasteiger partial charge in [-0.05, 0) is 12.0 Å². The molecule has 0 amide bonds. The van der Waals surface area contributed by atoms with Gasteiger partial charge >= 0.3 is 0 Å². The highest BCUT2D eigenvalue weighted by molar-refractivity contribution is 6.66. The first-order chi connectivity index (χ1) is 10.3. The van der Waals surface area contributed by atoms with Crippen molar-refractivity contribution < 1.29 is 9.90 Å². The van der Waals surface area contributed by atoms with Gasteiger partial charge in [-0.25, -0.2) is 0 Å². The maximum Gasteiger partial charge on any atom is 0.178 e. The Labute approximate surface area is 149 Å². The van der Waals surface area contributed by atoms with E-state index in [1.54, 1.807) is 0 Å². The molecule has 1 aliphatic carbocycles. The molecule has 0 bridgehead atoms. The van der Waals surface area contributed by atoms with Crippen molar-refractivity contribution in [2.75, 3.05) is 0 Å². The van der Waals surface area contributed by atoms with E-state index in [0.29, 0.717) is 0 Å². The van der Waals surface area contributed by atoms with Gasteiger partial charge in [-0.2, -0.15) is 0 Å². The molecule has 1 fully saturated rings. The van der Waals surface area contributed by atoms with Crippen LogP contribution in [-0.2, 0) is 10.3 Å². The SMILES string of the molecule is [B]c1c([B])c([B])c(C2(N)C(=O)C([B])(O)CCC2([B])[B])c(Cl)c1[B]. The fourth-order valence-electron chi connectivity index (χ4n) is 2.79. The highest BCUT2D eigenvalue weighted by Crippen LogP contribution is 2.50. The van der Waals surface area contributed by atoms with Gasteiger partial charge in [0.1, 0.15) is 39.2 Å². The van der Waals surface area contributed by atoms with E-state index >= 15 is 0 Å². The molecule has 14 radical (unpaired) electrons. The molecule has 0 saturated heterocycles. The van der Waals surface area contributed by atoms with E-state index in [2.05, 4.69) is 0 Å². The fraction of sp³-hybridized carbons (Fsp3) is 0.417. The maximum absolute atomic E-state index is 12.7. The molecule has 1 saturated carbocycles. The summed E-state index contributed by atoms with van der Waals surface area (Å²) in [6.45, 7) is 0. The predicted molar refractivity (Wildman–Crippen MR) is 98.0 cm³/mol. The third-order valence-corrected chi connectivity index (χ3v) is 4.79. The number of halogens is 1. The zero-order valence-electron chi connectivity index (χ0n) is 12.3. The molecule has 2 atom stereocenters. The van der Waals surface area contributed by atoms with E-state index in [1.807, 2.05) is 0 Å². The van der Waals surface area contributed by atoms with Crippen LogP contribution in [0.25, 0.3) is 0 Å². The molecule has 2 unspecified atom stereocenters. The molecule has 3 nitrogen and oxygen atoms in total. The first-order valence-electron chi connectivity index (χ1n) is 6.63. The Morgan fingerprint density at radius 3 is 1.96 bits per heavy atom. The van der Waals surface area contributed by atoms with Crippen molar-refractivity contribution in [2.45, 2.75) is 29.1 Å². The normalized spacial score (nSPS) is 30.3. The summed E-state index contributed by atoms with van der Waals surface area (Å²) >= 11 is 6.18. The Kier molecular flexibility index (Phi) is 4.55. The van der Waals surface area contributed by atoms with E-state index in [1.165, 1.54) is 0 Å². The van der Waals surface area contributed by atoms with Crippen molar-refractivity contribution >= 4 is 94.2 Å². The lowest BCUT2D eigenvalue weighted by Gasteiger charge is -2.53. The smallest absolute Gasteiger partial charge is 0.178 e. The Morgan fingerprint density at radius 1 is 0.957 bits per heavy atom. The van der Waals surface area contributed by atoms with Gasteiger partial charge in [-0.15, -0.1) is 10.9 Å². The zero-order valence-corrected chi connectivity index (χ0v) is 13.0. The number of hydrogen-bond acceptors (Lipinski definition) is 3. The lowest BCUT2D eigenvalue weighted by Crippen LogP contribution is -2.69. The summed E-state index contributed by atoms with van der Waals surface area (Å²) in [6, 6.07) is 0. The van der Waals surface area contributed by atoms with E-state index in [0.717, 1.165) is 0 Å². The Balaban J connectivity index is 2.89. The lowest BCUT2D eigenvalue weighted by atomic mass is 9.35. The second-order valence-electron chi connectivity index (χ2n) is 5.95. The van der Waals surface area contributed by atoms with Crippen molar-refractivity contribution in [1.29, 1.82) is 0 Å². The van der Waals surface area contributed by atoms with Crippen molar-refractivity contribution in [3.8, 4) is 0 Å². The molecule has 23 heavy (non-hydrogen) atoms. The quantitative estimate of drug-likeness (QED) is 0.513. The van der Waals surface area contributed by atoms with Gasteiger partial charge in [0, 0.05) is 5.02 Å². The number of Topliss-reactive ketones (excluding diaryl/α,β-unsaturated/α-hetero) is 1. The van der Waals surface area contributed by atoms with Crippen LogP contribution in [0.15, 0.2) is 0 Å². The van der Waals surface area contributed by atoms with E-state index < -0.39 is 22.0 Å². The van der Waals surface area contributed by atoms with Crippen LogP contribution >= 0.6 is 11.6 Å². The molecule has 11 heteroatoms. The van der Waals surface area contributed by atoms with Crippen LogP contribution < -0.4 is 27.6 Å². The summed E-state index contributed by atoms with van der Waals surface area (Å²) in [7, 11) is 40.8. The first-order valence-corrected chi connectivity index (χ1v) is 7.01. The van der Waals surface area contributed by atoms with Crippen molar-refractivity contribution in [3.05, 3.63) is 10.6 Å². The number of ketones is 1. The van der Waals surface area contributed by atoms with E-state index in [4.69, 9.17) is 72.3 Å². The molecule has 0 heterocycles. The molecule has 100 valence electrons. The number of rotatable bonds is 1. The monoisotopic (exact) mass is 309 g/mol. The van der Waals surface area contributed by atoms with Gasteiger partial charge in [0.2, 0.25) is 0 Å². The molecule has 2 rings (SSSR count). The van der Waals surface area contributed by atoms with Crippen LogP contribution in [0.4, 0.5) is 0 Å². The summed E-state index contributed by atoms with van der Waals surface area (Å²) in [5.41, 5.74) is 1.02. The molecule has 0 aliphatic heterocycles. The Hall–Kier alpha value is -0.445. The fourth-order valence-corrected chi connectivity index (χ4v) is 3.14. The van der Waals surface area contributed by atoms with Crippen LogP contribution in [0.3, 0.4) is 0 Å². The standard InChI is InChI=1S/C12H7B7ClNO2/c13-4-3(8(20)7(16)6(15)5(4)14)12(21)9(22)10(17,23)1-2-11(12,18)19/h23H,1-2,21H2. The molecule has 1 aliphatic rings. The highest BCUT2D eigenvalue weighted by Gasteiger charge is 2.58. The van der Waals surface area contributed by atoms with Crippen LogP contribution in [0.1, 0.15) is 18.4 Å². The van der Waals surface area contributed by atoms with Gasteiger partial charge in [-0.1, -0.05) is 34.2 Å². The molecular formula is C12H7B7ClNO2. The number of hydrogen-bond donors (Lipinski definition) is 2. The number of aliphatic hydroxyl groups is 1. The number of carbonyl (C=O) groups is 1. The largest absolute Gasteiger partial charge is 0.392 e. The van der Waals surface area contributed by atoms with E-state index in [9.17, 15) is 9.90 Å². The second kappa shape index (κ2) is 5.54. The molecular weight excluding hydrogens is 301 g/mol. The van der Waals surface area contributed by atoms with Gasteiger partial charge in [0.25, 0.3) is 0 Å². The van der Waals surface area contributed by atoms with Gasteiger partial charge < -0.3 is 10.8 Å². The first kappa shape index (κ1) is 18.9. The van der Waals surface area contributed by atoms with Crippen LogP contribution in [0, 0.1) is 0 Å². The topological polar surface area (TPSA) is 63.3 Å². The Bertz CT molecular complexity index is 680. The van der Waals surface area contributed by atoms with Gasteiger partial charge in [0.05, 0.1) is 26.7 Å². The molecule has 3 N–H and O–H groups in total. The summed E-state index contributed by atoms with van der Waals surface area (Å²) in [5, 5.41) is 8.09. The minimum atomic E-state index is -2.25. The van der Waals surface area contributed by atoms with Crippen molar-refractivity contribution in [3.63, 3.8) is 0 Å². The third-order valence-electron chi connectivity index (χ3n) is 4.40.